The van der Waals surface area contributed by atoms with E-state index in [1.165, 1.54) is 21.8 Å². The van der Waals surface area contributed by atoms with Crippen molar-refractivity contribution in [3.8, 4) is 0 Å². The van der Waals surface area contributed by atoms with E-state index in [2.05, 4.69) is 37.3 Å². The minimum atomic E-state index is 0.328. The summed E-state index contributed by atoms with van der Waals surface area (Å²) in [5, 5.41) is 0. The van der Waals surface area contributed by atoms with Gasteiger partial charge in [-0.2, -0.15) is 0 Å². The average Bonchev–Trinajstić information content (AvgIpc) is 2.42. The molecule has 0 radical (unpaired) electrons. The zero-order valence-electron chi connectivity index (χ0n) is 11.4. The molecular weight excluding hydrogens is 252 g/mol. The van der Waals surface area contributed by atoms with E-state index in [-0.39, 0.29) is 0 Å². The molecule has 0 amide bonds. The van der Waals surface area contributed by atoms with Crippen molar-refractivity contribution in [2.45, 2.75) is 43.9 Å². The fraction of sp³-hybridized carbons (Fsp3) is 0.471. The fourth-order valence-corrected chi connectivity index (χ4v) is 4.46. The fourth-order valence-electron chi connectivity index (χ4n) is 3.33. The summed E-state index contributed by atoms with van der Waals surface area (Å²) < 4.78 is 0. The maximum absolute atomic E-state index is 12.0. The van der Waals surface area contributed by atoms with E-state index < -0.39 is 0 Å². The highest BCUT2D eigenvalue weighted by Gasteiger charge is 2.35. The van der Waals surface area contributed by atoms with Gasteiger partial charge >= 0.3 is 0 Å². The van der Waals surface area contributed by atoms with Crippen molar-refractivity contribution in [2.24, 2.45) is 11.8 Å². The van der Waals surface area contributed by atoms with Gasteiger partial charge in [-0.15, -0.1) is 0 Å². The Hall–Kier alpha value is -1.02. The minimum absolute atomic E-state index is 0.328. The molecule has 1 saturated carbocycles. The lowest BCUT2D eigenvalue weighted by atomic mass is 9.71. The van der Waals surface area contributed by atoms with Crippen molar-refractivity contribution in [3.05, 3.63) is 40.8 Å². The molecule has 2 heteroatoms. The third kappa shape index (κ3) is 2.79. The van der Waals surface area contributed by atoms with Gasteiger partial charge < -0.3 is 0 Å². The van der Waals surface area contributed by atoms with Crippen molar-refractivity contribution < 1.29 is 4.79 Å². The van der Waals surface area contributed by atoms with Crippen molar-refractivity contribution in [1.29, 1.82) is 0 Å². The van der Waals surface area contributed by atoms with E-state index >= 15 is 0 Å². The summed E-state index contributed by atoms with van der Waals surface area (Å²) >= 11 is 1.90. The number of hydrogen-bond donors (Lipinski definition) is 0. The summed E-state index contributed by atoms with van der Waals surface area (Å²) in [6.45, 7) is 2.21. The zero-order valence-corrected chi connectivity index (χ0v) is 12.2. The molecule has 0 aromatic heterocycles. The van der Waals surface area contributed by atoms with E-state index in [0.717, 1.165) is 25.7 Å². The molecule has 0 saturated heterocycles. The second-order valence-electron chi connectivity index (χ2n) is 5.75. The lowest BCUT2D eigenvalue weighted by molar-refractivity contribution is -0.126. The van der Waals surface area contributed by atoms with E-state index in [0.29, 0.717) is 17.6 Å². The Morgan fingerprint density at radius 1 is 1.16 bits per heavy atom. The molecule has 0 heterocycles. The summed E-state index contributed by atoms with van der Waals surface area (Å²) in [6, 6.07) is 10.6. The molecule has 2 aliphatic carbocycles. The largest absolute Gasteiger partial charge is 0.299 e. The molecule has 1 aromatic rings. The second kappa shape index (κ2) is 5.54. The van der Waals surface area contributed by atoms with E-state index in [1.807, 2.05) is 11.8 Å². The molecule has 2 aliphatic rings. The number of carbonyl (C=O) groups is 1. The van der Waals surface area contributed by atoms with Crippen LogP contribution in [0, 0.1) is 11.8 Å². The minimum Gasteiger partial charge on any atom is -0.299 e. The maximum atomic E-state index is 12.0. The topological polar surface area (TPSA) is 17.1 Å². The molecule has 0 spiro atoms. The lowest BCUT2D eigenvalue weighted by Crippen LogP contribution is -2.31. The van der Waals surface area contributed by atoms with Gasteiger partial charge in [0, 0.05) is 17.2 Å². The van der Waals surface area contributed by atoms with E-state index in [9.17, 15) is 4.79 Å². The predicted molar refractivity (Wildman–Crippen MR) is 80.1 cm³/mol. The van der Waals surface area contributed by atoms with Crippen LogP contribution in [0.4, 0.5) is 0 Å². The van der Waals surface area contributed by atoms with Gasteiger partial charge in [0.1, 0.15) is 5.78 Å². The first-order chi connectivity index (χ1) is 9.24. The van der Waals surface area contributed by atoms with Gasteiger partial charge in [-0.1, -0.05) is 35.5 Å². The Morgan fingerprint density at radius 3 is 2.74 bits per heavy atom. The van der Waals surface area contributed by atoms with Crippen LogP contribution in [0.25, 0.3) is 0 Å². The van der Waals surface area contributed by atoms with Crippen LogP contribution < -0.4 is 0 Å². The summed E-state index contributed by atoms with van der Waals surface area (Å²) in [4.78, 5) is 14.8. The first-order valence-electron chi connectivity index (χ1n) is 7.18. The molecule has 100 valence electrons. The molecule has 0 N–H and O–H groups in total. The zero-order chi connectivity index (χ0) is 13.2. The number of carbonyl (C=O) groups excluding carboxylic acids is 1. The van der Waals surface area contributed by atoms with Crippen LogP contribution in [-0.4, -0.2) is 5.78 Å². The Balaban J connectivity index is 1.78. The number of benzene rings is 1. The summed E-state index contributed by atoms with van der Waals surface area (Å²) in [5.41, 5.74) is 1.44. The quantitative estimate of drug-likeness (QED) is 0.767. The highest BCUT2D eigenvalue weighted by Crippen LogP contribution is 2.46. The summed E-state index contributed by atoms with van der Waals surface area (Å²) in [7, 11) is 0. The highest BCUT2D eigenvalue weighted by molar-refractivity contribution is 8.03. The summed E-state index contributed by atoms with van der Waals surface area (Å²) in [6.07, 6.45) is 5.26. The number of thioether (sulfide) groups is 1. The Kier molecular flexibility index (Phi) is 3.79. The normalized spacial score (nSPS) is 27.3. The van der Waals surface area contributed by atoms with Crippen LogP contribution in [0.15, 0.2) is 45.7 Å². The molecule has 3 rings (SSSR count). The molecule has 1 aromatic carbocycles. The Morgan fingerprint density at radius 2 is 1.95 bits per heavy atom. The van der Waals surface area contributed by atoms with Crippen molar-refractivity contribution >= 4 is 17.5 Å². The standard InChI is InChI=1S/C17H20OS/c1-12-10-15-13(6-5-9-16(15)18)11-17(12)19-14-7-3-2-4-8-14/h2-4,7-8,13,15H,5-6,9-11H2,1H3. The molecular formula is C17H20OS. The molecule has 0 aliphatic heterocycles. The van der Waals surface area contributed by atoms with Gasteiger partial charge in [0.15, 0.2) is 0 Å². The number of hydrogen-bond acceptors (Lipinski definition) is 2. The van der Waals surface area contributed by atoms with E-state index in [1.54, 1.807) is 0 Å². The van der Waals surface area contributed by atoms with Gasteiger partial charge in [-0.25, -0.2) is 0 Å². The second-order valence-corrected chi connectivity index (χ2v) is 6.92. The molecule has 1 nitrogen and oxygen atoms in total. The van der Waals surface area contributed by atoms with Crippen LogP contribution >= 0.6 is 11.8 Å². The Labute approximate surface area is 119 Å². The van der Waals surface area contributed by atoms with Crippen LogP contribution in [-0.2, 0) is 4.79 Å². The highest BCUT2D eigenvalue weighted by atomic mass is 32.2. The van der Waals surface area contributed by atoms with Gasteiger partial charge in [0.05, 0.1) is 0 Å². The molecule has 2 unspecified atom stereocenters. The number of rotatable bonds is 2. The average molecular weight is 272 g/mol. The van der Waals surface area contributed by atoms with Crippen LogP contribution in [0.3, 0.4) is 0 Å². The SMILES string of the molecule is CC1=C(Sc2ccccc2)CC2CCCC(=O)C2C1. The first-order valence-corrected chi connectivity index (χ1v) is 8.00. The van der Waals surface area contributed by atoms with E-state index in [4.69, 9.17) is 0 Å². The molecule has 0 bridgehead atoms. The maximum Gasteiger partial charge on any atom is 0.136 e. The number of allylic oxidation sites excluding steroid dienone is 2. The summed E-state index contributed by atoms with van der Waals surface area (Å²) in [5.74, 6) is 1.45. The van der Waals surface area contributed by atoms with Gasteiger partial charge in [-0.05, 0) is 55.6 Å². The van der Waals surface area contributed by atoms with Crippen LogP contribution in [0.2, 0.25) is 0 Å². The van der Waals surface area contributed by atoms with Gasteiger partial charge in [0.25, 0.3) is 0 Å². The number of ketones is 1. The number of Topliss-reactive ketones (excluding diaryl/α,β-unsaturated/α-hetero) is 1. The Bertz CT molecular complexity index is 503. The van der Waals surface area contributed by atoms with Crippen LogP contribution in [0.5, 0.6) is 0 Å². The lowest BCUT2D eigenvalue weighted by Gasteiger charge is -2.36. The third-order valence-electron chi connectivity index (χ3n) is 4.41. The molecule has 1 fully saturated rings. The van der Waals surface area contributed by atoms with Gasteiger partial charge in [0.2, 0.25) is 0 Å². The first kappa shape index (κ1) is 13.0. The monoisotopic (exact) mass is 272 g/mol. The third-order valence-corrected chi connectivity index (χ3v) is 5.68. The van der Waals surface area contributed by atoms with Crippen LogP contribution in [0.1, 0.15) is 39.0 Å². The molecule has 2 atom stereocenters. The predicted octanol–water partition coefficient (Wildman–Crippen LogP) is 4.83. The van der Waals surface area contributed by atoms with Crippen molar-refractivity contribution in [3.63, 3.8) is 0 Å². The van der Waals surface area contributed by atoms with Crippen molar-refractivity contribution in [1.82, 2.24) is 0 Å². The molecule has 19 heavy (non-hydrogen) atoms. The number of fused-ring (bicyclic) bond motifs is 1. The van der Waals surface area contributed by atoms with Gasteiger partial charge in [-0.3, -0.25) is 4.79 Å². The smallest absolute Gasteiger partial charge is 0.136 e. The van der Waals surface area contributed by atoms with Crippen molar-refractivity contribution in [2.75, 3.05) is 0 Å².